The van der Waals surface area contributed by atoms with Crippen LogP contribution in [0.1, 0.15) is 61.7 Å². The molecule has 2 bridgehead atoms. The van der Waals surface area contributed by atoms with Crippen molar-refractivity contribution in [1.82, 2.24) is 14.7 Å². The van der Waals surface area contributed by atoms with Crippen LogP contribution in [0.4, 0.5) is 9.18 Å². The Labute approximate surface area is 255 Å². The standard InChI is InChI=1S/C32H37FN4O5S/c1-32(2,3)42-31(41)37-24-8-7-22(13-24)29(37)26(38)12-19(16-34)11-21-6-5-20(14-25(21)33)23-15-27(43-18-23)30(40)36-10-9-35(4)28(39)17-36/h5-6,14-15,18-19,22,24,29H,7-13,17H2,1-4H3/t19-,22+,24-,29+/m1/s1. The summed E-state index contributed by atoms with van der Waals surface area (Å²) in [6.07, 6.45) is 1.94. The molecule has 5 rings (SSSR count). The lowest BCUT2D eigenvalue weighted by molar-refractivity contribution is -0.133. The van der Waals surface area contributed by atoms with E-state index in [1.807, 2.05) is 0 Å². The zero-order valence-electron chi connectivity index (χ0n) is 25.0. The first-order chi connectivity index (χ1) is 20.3. The number of piperidine rings is 1. The van der Waals surface area contributed by atoms with Crippen molar-refractivity contribution >= 4 is 35.0 Å². The molecule has 3 fully saturated rings. The number of likely N-dealkylation sites (tertiary alicyclic amines) is 1. The number of halogens is 1. The fourth-order valence-corrected chi connectivity index (χ4v) is 7.24. The number of ether oxygens (including phenoxy) is 1. The predicted octanol–water partition coefficient (Wildman–Crippen LogP) is 4.90. The summed E-state index contributed by atoms with van der Waals surface area (Å²) >= 11 is 1.25. The maximum Gasteiger partial charge on any atom is 0.411 e. The zero-order valence-corrected chi connectivity index (χ0v) is 25.8. The molecule has 0 unspecified atom stereocenters. The number of fused-ring (bicyclic) bond motifs is 2. The number of carbonyl (C=O) groups is 4. The molecule has 11 heteroatoms. The highest BCUT2D eigenvalue weighted by molar-refractivity contribution is 7.12. The molecule has 4 atom stereocenters. The van der Waals surface area contributed by atoms with E-state index in [1.165, 1.54) is 22.3 Å². The van der Waals surface area contributed by atoms with Gasteiger partial charge in [0.15, 0.2) is 5.78 Å². The number of benzene rings is 1. The van der Waals surface area contributed by atoms with Crippen LogP contribution in [0.5, 0.6) is 0 Å². The number of hydrogen-bond acceptors (Lipinski definition) is 7. The fraction of sp³-hybridized carbons (Fsp3) is 0.531. The minimum absolute atomic E-state index is 0.0312. The minimum atomic E-state index is -0.746. The lowest BCUT2D eigenvalue weighted by Gasteiger charge is -2.35. The number of amides is 3. The second kappa shape index (κ2) is 12.1. The van der Waals surface area contributed by atoms with Gasteiger partial charge < -0.3 is 14.5 Å². The average Bonchev–Trinajstić information content (AvgIpc) is 3.70. The summed E-state index contributed by atoms with van der Waals surface area (Å²) in [5, 5.41) is 11.6. The summed E-state index contributed by atoms with van der Waals surface area (Å²) in [4.78, 5) is 56.5. The Hall–Kier alpha value is -3.78. The second-order valence-corrected chi connectivity index (χ2v) is 13.7. The van der Waals surface area contributed by atoms with Crippen LogP contribution in [-0.4, -0.2) is 82.8 Å². The van der Waals surface area contributed by atoms with E-state index in [0.717, 1.165) is 19.3 Å². The Bertz CT molecular complexity index is 1480. The molecular weight excluding hydrogens is 571 g/mol. The molecule has 1 saturated carbocycles. The van der Waals surface area contributed by atoms with Gasteiger partial charge in [0.1, 0.15) is 18.0 Å². The van der Waals surface area contributed by atoms with Gasteiger partial charge in [0.25, 0.3) is 5.91 Å². The van der Waals surface area contributed by atoms with Gasteiger partial charge in [-0.25, -0.2) is 9.18 Å². The highest BCUT2D eigenvalue weighted by atomic mass is 32.1. The van der Waals surface area contributed by atoms with Crippen molar-refractivity contribution in [3.8, 4) is 17.2 Å². The number of hydrogen-bond donors (Lipinski definition) is 0. The molecule has 3 heterocycles. The summed E-state index contributed by atoms with van der Waals surface area (Å²) in [6, 6.07) is 7.95. The summed E-state index contributed by atoms with van der Waals surface area (Å²) in [6.45, 7) is 6.34. The second-order valence-electron chi connectivity index (χ2n) is 12.8. The SMILES string of the molecule is CN1CCN(C(=O)c2cc(-c3ccc(C[C@@H](C#N)CC(=O)[C@@H]4[C@H]5CC[C@H](C5)N4C(=O)OC(C)(C)C)c(F)c3)cs2)CC1=O. The van der Waals surface area contributed by atoms with Crippen LogP contribution in [0.25, 0.3) is 11.1 Å². The van der Waals surface area contributed by atoms with E-state index in [2.05, 4.69) is 6.07 Å². The van der Waals surface area contributed by atoms with Crippen LogP contribution in [0.2, 0.25) is 0 Å². The van der Waals surface area contributed by atoms with E-state index in [0.29, 0.717) is 34.7 Å². The summed E-state index contributed by atoms with van der Waals surface area (Å²) < 4.78 is 20.9. The molecule has 1 aromatic carbocycles. The molecule has 0 spiro atoms. The molecule has 43 heavy (non-hydrogen) atoms. The van der Waals surface area contributed by atoms with Gasteiger partial charge in [-0.3, -0.25) is 19.3 Å². The van der Waals surface area contributed by atoms with Gasteiger partial charge in [-0.1, -0.05) is 12.1 Å². The average molecular weight is 609 g/mol. The number of Topliss-reactive ketones (excluding diaryl/α,β-unsaturated/α-hetero) is 1. The van der Waals surface area contributed by atoms with Crippen molar-refractivity contribution in [2.24, 2.45) is 11.8 Å². The molecule has 2 saturated heterocycles. The van der Waals surface area contributed by atoms with Crippen LogP contribution in [0, 0.1) is 29.0 Å². The van der Waals surface area contributed by atoms with Gasteiger partial charge in [0, 0.05) is 32.6 Å². The van der Waals surface area contributed by atoms with E-state index in [1.54, 1.807) is 61.2 Å². The molecule has 228 valence electrons. The van der Waals surface area contributed by atoms with Crippen molar-refractivity contribution in [1.29, 1.82) is 5.26 Å². The lowest BCUT2D eigenvalue weighted by Crippen LogP contribution is -2.51. The normalized spacial score (nSPS) is 22.5. The van der Waals surface area contributed by atoms with Crippen LogP contribution in [0.3, 0.4) is 0 Å². The fourth-order valence-electron chi connectivity index (χ4n) is 6.35. The van der Waals surface area contributed by atoms with Crippen LogP contribution in [0.15, 0.2) is 29.6 Å². The predicted molar refractivity (Wildman–Crippen MR) is 159 cm³/mol. The van der Waals surface area contributed by atoms with Crippen LogP contribution >= 0.6 is 11.3 Å². The lowest BCUT2D eigenvalue weighted by atomic mass is 9.87. The van der Waals surface area contributed by atoms with Gasteiger partial charge >= 0.3 is 6.09 Å². The van der Waals surface area contributed by atoms with E-state index >= 15 is 4.39 Å². The molecule has 3 amide bonds. The third-order valence-corrected chi connectivity index (χ3v) is 9.48. The summed E-state index contributed by atoms with van der Waals surface area (Å²) in [5.74, 6) is -1.70. The Balaban J connectivity index is 1.23. The monoisotopic (exact) mass is 608 g/mol. The summed E-state index contributed by atoms with van der Waals surface area (Å²) in [7, 11) is 1.71. The molecule has 1 aliphatic carbocycles. The third-order valence-electron chi connectivity index (χ3n) is 8.56. The van der Waals surface area contributed by atoms with Crippen molar-refractivity contribution in [2.75, 3.05) is 26.7 Å². The quantitative estimate of drug-likeness (QED) is 0.442. The zero-order chi connectivity index (χ0) is 31.1. The highest BCUT2D eigenvalue weighted by Crippen LogP contribution is 2.44. The van der Waals surface area contributed by atoms with E-state index in [-0.39, 0.29) is 48.9 Å². The molecule has 0 N–H and O–H groups in total. The Morgan fingerprint density at radius 2 is 1.93 bits per heavy atom. The first kappa shape index (κ1) is 30.7. The smallest absolute Gasteiger partial charge is 0.411 e. The number of ketones is 1. The van der Waals surface area contributed by atoms with Gasteiger partial charge in [0.05, 0.1) is 22.9 Å². The van der Waals surface area contributed by atoms with Crippen molar-refractivity contribution < 1.29 is 28.3 Å². The largest absolute Gasteiger partial charge is 0.444 e. The molecule has 2 aromatic rings. The van der Waals surface area contributed by atoms with Gasteiger partial charge in [-0.15, -0.1) is 11.3 Å². The maximum absolute atomic E-state index is 15.3. The third kappa shape index (κ3) is 6.59. The number of piperazine rings is 1. The van der Waals surface area contributed by atoms with E-state index in [9.17, 15) is 24.4 Å². The molecular formula is C32H37FN4O5S. The Kier molecular flexibility index (Phi) is 8.61. The highest BCUT2D eigenvalue weighted by Gasteiger charge is 2.52. The van der Waals surface area contributed by atoms with Gasteiger partial charge in [-0.05, 0) is 86.6 Å². The Morgan fingerprint density at radius 1 is 1.16 bits per heavy atom. The molecule has 3 aliphatic rings. The van der Waals surface area contributed by atoms with Crippen LogP contribution < -0.4 is 0 Å². The Morgan fingerprint density at radius 3 is 2.60 bits per heavy atom. The molecule has 9 nitrogen and oxygen atoms in total. The molecule has 2 aliphatic heterocycles. The number of rotatable bonds is 7. The summed E-state index contributed by atoms with van der Waals surface area (Å²) in [5.41, 5.74) is 0.911. The number of thiophene rings is 1. The topological polar surface area (TPSA) is 111 Å². The van der Waals surface area contributed by atoms with Gasteiger partial charge in [-0.2, -0.15) is 5.26 Å². The van der Waals surface area contributed by atoms with Gasteiger partial charge in [0.2, 0.25) is 5.91 Å². The first-order valence-electron chi connectivity index (χ1n) is 14.7. The van der Waals surface area contributed by atoms with E-state index in [4.69, 9.17) is 4.74 Å². The minimum Gasteiger partial charge on any atom is -0.444 e. The van der Waals surface area contributed by atoms with E-state index < -0.39 is 29.5 Å². The number of likely N-dealkylation sites (N-methyl/N-ethyl adjacent to an activating group) is 1. The first-order valence-corrected chi connectivity index (χ1v) is 15.6. The molecule has 1 aromatic heterocycles. The maximum atomic E-state index is 15.3. The van der Waals surface area contributed by atoms with Crippen molar-refractivity contribution in [3.63, 3.8) is 0 Å². The number of nitrogens with zero attached hydrogens (tertiary/aromatic N) is 4. The van der Waals surface area contributed by atoms with Crippen LogP contribution in [-0.2, 0) is 20.7 Å². The number of carbonyl (C=O) groups excluding carboxylic acids is 4. The molecule has 0 radical (unpaired) electrons. The van der Waals surface area contributed by atoms with Crippen molar-refractivity contribution in [3.05, 3.63) is 45.9 Å². The van der Waals surface area contributed by atoms with Crippen molar-refractivity contribution in [2.45, 2.75) is 70.6 Å². The number of nitriles is 1.